The molecule has 0 saturated carbocycles. The average molecular weight is 268 g/mol. The molecule has 2 aliphatic rings. The summed E-state index contributed by atoms with van der Waals surface area (Å²) < 4.78 is 5.65. The van der Waals surface area contributed by atoms with Crippen molar-refractivity contribution in [2.24, 2.45) is 5.92 Å². The highest BCUT2D eigenvalue weighted by atomic mass is 16.5. The van der Waals surface area contributed by atoms with Crippen molar-refractivity contribution in [1.29, 1.82) is 0 Å². The highest BCUT2D eigenvalue weighted by Crippen LogP contribution is 2.30. The third kappa shape index (κ3) is 3.14. The van der Waals surface area contributed by atoms with E-state index in [1.54, 1.807) is 0 Å². The van der Waals surface area contributed by atoms with Gasteiger partial charge in [-0.3, -0.25) is 4.90 Å². The third-order valence-electron chi connectivity index (χ3n) is 5.63. The van der Waals surface area contributed by atoms with Gasteiger partial charge in [0.15, 0.2) is 0 Å². The number of nitrogens with one attached hydrogen (secondary N) is 1. The predicted octanol–water partition coefficient (Wildman–Crippen LogP) is 2.65. The zero-order valence-corrected chi connectivity index (χ0v) is 13.2. The lowest BCUT2D eigenvalue weighted by Crippen LogP contribution is -2.67. The van der Waals surface area contributed by atoms with E-state index >= 15 is 0 Å². The van der Waals surface area contributed by atoms with E-state index in [4.69, 9.17) is 4.74 Å². The fourth-order valence-electron chi connectivity index (χ4n) is 3.67. The molecule has 0 aromatic rings. The number of nitrogens with zero attached hydrogens (tertiary/aromatic N) is 1. The fourth-order valence-corrected chi connectivity index (χ4v) is 3.67. The molecule has 0 aromatic carbocycles. The van der Waals surface area contributed by atoms with Gasteiger partial charge >= 0.3 is 0 Å². The van der Waals surface area contributed by atoms with Crippen LogP contribution in [-0.2, 0) is 4.74 Å². The van der Waals surface area contributed by atoms with E-state index in [1.165, 1.54) is 32.2 Å². The molecule has 2 aliphatic heterocycles. The Morgan fingerprint density at radius 3 is 2.58 bits per heavy atom. The molecular formula is C16H32N2O. The summed E-state index contributed by atoms with van der Waals surface area (Å²) >= 11 is 0. The number of piperazine rings is 1. The van der Waals surface area contributed by atoms with Crippen molar-refractivity contribution in [2.45, 2.75) is 71.0 Å². The Labute approximate surface area is 119 Å². The summed E-state index contributed by atoms with van der Waals surface area (Å²) in [4.78, 5) is 2.78. The second-order valence-electron chi connectivity index (χ2n) is 6.51. The minimum absolute atomic E-state index is 0.326. The van der Waals surface area contributed by atoms with Crippen LogP contribution in [0.25, 0.3) is 0 Å². The molecule has 19 heavy (non-hydrogen) atoms. The smallest absolute Gasteiger partial charge is 0.0622 e. The topological polar surface area (TPSA) is 24.5 Å². The molecule has 1 N–H and O–H groups in total. The monoisotopic (exact) mass is 268 g/mol. The van der Waals surface area contributed by atoms with Gasteiger partial charge in [0.25, 0.3) is 0 Å². The predicted molar refractivity (Wildman–Crippen MR) is 80.5 cm³/mol. The van der Waals surface area contributed by atoms with E-state index in [0.29, 0.717) is 17.6 Å². The first kappa shape index (κ1) is 15.3. The summed E-state index contributed by atoms with van der Waals surface area (Å²) in [6.45, 7) is 13.6. The number of hydrogen-bond acceptors (Lipinski definition) is 3. The van der Waals surface area contributed by atoms with Crippen LogP contribution in [0.1, 0.15) is 53.4 Å². The van der Waals surface area contributed by atoms with Crippen molar-refractivity contribution in [3.8, 4) is 0 Å². The maximum Gasteiger partial charge on any atom is 0.0622 e. The lowest BCUT2D eigenvalue weighted by Gasteiger charge is -2.51. The molecule has 3 atom stereocenters. The first-order valence-electron chi connectivity index (χ1n) is 8.24. The Morgan fingerprint density at radius 2 is 2.05 bits per heavy atom. The zero-order chi connectivity index (χ0) is 13.9. The Balaban J connectivity index is 2.13. The van der Waals surface area contributed by atoms with Crippen LogP contribution in [0.5, 0.6) is 0 Å². The minimum Gasteiger partial charge on any atom is -0.380 e. The molecule has 0 radical (unpaired) electrons. The summed E-state index contributed by atoms with van der Waals surface area (Å²) in [5.41, 5.74) is 0.326. The van der Waals surface area contributed by atoms with E-state index in [-0.39, 0.29) is 0 Å². The van der Waals surface area contributed by atoms with Crippen LogP contribution in [0, 0.1) is 5.92 Å². The molecular weight excluding hydrogens is 236 g/mol. The van der Waals surface area contributed by atoms with Gasteiger partial charge in [0.2, 0.25) is 0 Å². The van der Waals surface area contributed by atoms with Crippen LogP contribution in [-0.4, -0.2) is 48.8 Å². The van der Waals surface area contributed by atoms with E-state index in [2.05, 4.69) is 37.9 Å². The zero-order valence-electron chi connectivity index (χ0n) is 13.2. The highest BCUT2D eigenvalue weighted by molar-refractivity contribution is 5.00. The van der Waals surface area contributed by atoms with Gasteiger partial charge in [-0.2, -0.15) is 0 Å². The van der Waals surface area contributed by atoms with Crippen LogP contribution in [0.3, 0.4) is 0 Å². The number of hydrogen-bond donors (Lipinski definition) is 1. The Hall–Kier alpha value is -0.120. The lowest BCUT2D eigenvalue weighted by molar-refractivity contribution is 0.00904. The molecule has 3 unspecified atom stereocenters. The van der Waals surface area contributed by atoms with Gasteiger partial charge in [-0.1, -0.05) is 34.1 Å². The van der Waals surface area contributed by atoms with Crippen LogP contribution < -0.4 is 5.32 Å². The third-order valence-corrected chi connectivity index (χ3v) is 5.63. The van der Waals surface area contributed by atoms with Crippen LogP contribution in [0.4, 0.5) is 0 Å². The summed E-state index contributed by atoms with van der Waals surface area (Å²) in [6.07, 6.45) is 4.93. The molecule has 112 valence electrons. The molecule has 3 heteroatoms. The van der Waals surface area contributed by atoms with Gasteiger partial charge in [-0.15, -0.1) is 0 Å². The second-order valence-corrected chi connectivity index (χ2v) is 6.51. The quantitative estimate of drug-likeness (QED) is 0.829. The second kappa shape index (κ2) is 6.55. The van der Waals surface area contributed by atoms with Crippen molar-refractivity contribution in [3.63, 3.8) is 0 Å². The Kier molecular flexibility index (Phi) is 5.27. The number of rotatable bonds is 5. The molecule has 0 amide bonds. The first-order chi connectivity index (χ1) is 9.15. The van der Waals surface area contributed by atoms with Gasteiger partial charge in [0.1, 0.15) is 0 Å². The maximum absolute atomic E-state index is 5.65. The van der Waals surface area contributed by atoms with Crippen LogP contribution in [0.15, 0.2) is 0 Å². The maximum atomic E-state index is 5.65. The van der Waals surface area contributed by atoms with Crippen molar-refractivity contribution >= 4 is 0 Å². The van der Waals surface area contributed by atoms with E-state index in [9.17, 15) is 0 Å². The van der Waals surface area contributed by atoms with E-state index < -0.39 is 0 Å². The highest BCUT2D eigenvalue weighted by Gasteiger charge is 2.41. The largest absolute Gasteiger partial charge is 0.380 e. The lowest BCUT2D eigenvalue weighted by atomic mass is 9.84. The van der Waals surface area contributed by atoms with Crippen molar-refractivity contribution < 1.29 is 4.74 Å². The van der Waals surface area contributed by atoms with Gasteiger partial charge in [-0.05, 0) is 25.2 Å². The molecule has 3 nitrogen and oxygen atoms in total. The van der Waals surface area contributed by atoms with E-state index in [1.807, 2.05) is 0 Å². The van der Waals surface area contributed by atoms with E-state index in [0.717, 1.165) is 25.7 Å². The standard InChI is InChI=1S/C16H32N2O/c1-5-13(4)15-10-17-16(6-2,7-3)12-18(15)14-8-9-19-11-14/h13-15,17H,5-12H2,1-4H3. The first-order valence-corrected chi connectivity index (χ1v) is 8.24. The van der Waals surface area contributed by atoms with Gasteiger partial charge in [0.05, 0.1) is 6.61 Å². The fraction of sp³-hybridized carbons (Fsp3) is 1.00. The normalized spacial score (nSPS) is 33.5. The van der Waals surface area contributed by atoms with Crippen molar-refractivity contribution in [2.75, 3.05) is 26.3 Å². The molecule has 2 saturated heterocycles. The van der Waals surface area contributed by atoms with Crippen molar-refractivity contribution in [1.82, 2.24) is 10.2 Å². The van der Waals surface area contributed by atoms with Crippen molar-refractivity contribution in [3.05, 3.63) is 0 Å². The summed E-state index contributed by atoms with van der Waals surface area (Å²) in [6, 6.07) is 1.33. The Morgan fingerprint density at radius 1 is 1.32 bits per heavy atom. The molecule has 0 spiro atoms. The average Bonchev–Trinajstić information content (AvgIpc) is 3.00. The van der Waals surface area contributed by atoms with Crippen LogP contribution >= 0.6 is 0 Å². The Bertz CT molecular complexity index is 272. The summed E-state index contributed by atoms with van der Waals surface area (Å²) in [7, 11) is 0. The SMILES string of the molecule is CCC(C)C1CNC(CC)(CC)CN1C1CCOC1. The molecule has 2 rings (SSSR count). The summed E-state index contributed by atoms with van der Waals surface area (Å²) in [5.74, 6) is 0.764. The van der Waals surface area contributed by atoms with Gasteiger partial charge < -0.3 is 10.1 Å². The molecule has 0 aromatic heterocycles. The number of ether oxygens (including phenoxy) is 1. The minimum atomic E-state index is 0.326. The molecule has 0 bridgehead atoms. The molecule has 2 fully saturated rings. The van der Waals surface area contributed by atoms with Crippen LogP contribution in [0.2, 0.25) is 0 Å². The summed E-state index contributed by atoms with van der Waals surface area (Å²) in [5, 5.41) is 3.87. The molecule has 0 aliphatic carbocycles. The van der Waals surface area contributed by atoms with Gasteiger partial charge in [0, 0.05) is 37.3 Å². The van der Waals surface area contributed by atoms with Gasteiger partial charge in [-0.25, -0.2) is 0 Å². The molecule has 2 heterocycles.